The fourth-order valence-corrected chi connectivity index (χ4v) is 2.81. The molecule has 1 atom stereocenters. The Labute approximate surface area is 140 Å². The third-order valence-electron chi connectivity index (χ3n) is 3.55. The summed E-state index contributed by atoms with van der Waals surface area (Å²) in [6.07, 6.45) is 1.57. The summed E-state index contributed by atoms with van der Waals surface area (Å²) >= 11 is 1.22. The summed E-state index contributed by atoms with van der Waals surface area (Å²) in [4.78, 5) is 43.3. The predicted molar refractivity (Wildman–Crippen MR) is 87.7 cm³/mol. The van der Waals surface area contributed by atoms with Gasteiger partial charge in [-0.05, 0) is 30.5 Å². The van der Waals surface area contributed by atoms with E-state index in [4.69, 9.17) is 0 Å². The van der Waals surface area contributed by atoms with Crippen molar-refractivity contribution in [1.29, 1.82) is 0 Å². The number of carbonyl (C=O) groups excluding carboxylic acids is 2. The molecule has 2 aromatic rings. The number of hydrogen-bond donors (Lipinski definition) is 3. The van der Waals surface area contributed by atoms with Crippen LogP contribution >= 0.6 is 11.8 Å². The van der Waals surface area contributed by atoms with Crippen LogP contribution in [0.3, 0.4) is 0 Å². The largest absolute Gasteiger partial charge is 0.326 e. The second kappa shape index (κ2) is 6.44. The number of aromatic nitrogens is 2. The van der Waals surface area contributed by atoms with E-state index in [9.17, 15) is 18.8 Å². The van der Waals surface area contributed by atoms with Crippen molar-refractivity contribution in [3.05, 3.63) is 46.0 Å². The van der Waals surface area contributed by atoms with E-state index in [0.717, 1.165) is 0 Å². The fraction of sp³-hybridized carbons (Fsp3) is 0.200. The van der Waals surface area contributed by atoms with E-state index in [1.54, 1.807) is 6.26 Å². The van der Waals surface area contributed by atoms with Crippen LogP contribution in [0.1, 0.15) is 17.9 Å². The van der Waals surface area contributed by atoms with Gasteiger partial charge in [0, 0.05) is 12.1 Å². The summed E-state index contributed by atoms with van der Waals surface area (Å²) < 4.78 is 12.9. The topological polar surface area (TPSA) is 104 Å². The van der Waals surface area contributed by atoms with Gasteiger partial charge in [-0.3, -0.25) is 14.4 Å². The zero-order chi connectivity index (χ0) is 17.3. The predicted octanol–water partition coefficient (Wildman–Crippen LogP) is 1.70. The third kappa shape index (κ3) is 3.16. The zero-order valence-electron chi connectivity index (χ0n) is 12.6. The summed E-state index contributed by atoms with van der Waals surface area (Å²) in [6, 6.07) is 5.21. The molecule has 24 heavy (non-hydrogen) atoms. The van der Waals surface area contributed by atoms with Crippen LogP contribution in [0.2, 0.25) is 0 Å². The number of aromatic amines is 1. The maximum Gasteiger partial charge on any atom is 0.257 e. The van der Waals surface area contributed by atoms with E-state index in [2.05, 4.69) is 20.6 Å². The quantitative estimate of drug-likeness (QED) is 0.578. The Hall–Kier alpha value is -2.68. The minimum absolute atomic E-state index is 0.0959. The van der Waals surface area contributed by atoms with Crippen molar-refractivity contribution in [2.24, 2.45) is 0 Å². The summed E-state index contributed by atoms with van der Waals surface area (Å²) in [7, 11) is 0. The number of nitrogens with zero attached hydrogens (tertiary/aromatic N) is 1. The van der Waals surface area contributed by atoms with Gasteiger partial charge in [0.25, 0.3) is 5.56 Å². The van der Waals surface area contributed by atoms with E-state index in [1.807, 2.05) is 0 Å². The molecule has 1 aromatic heterocycles. The molecule has 9 heteroatoms. The Kier molecular flexibility index (Phi) is 4.34. The van der Waals surface area contributed by atoms with E-state index in [1.165, 1.54) is 36.0 Å². The number of anilines is 2. The highest BCUT2D eigenvalue weighted by Crippen LogP contribution is 2.30. The van der Waals surface area contributed by atoms with Crippen LogP contribution in [0, 0.1) is 5.82 Å². The van der Waals surface area contributed by atoms with Crippen molar-refractivity contribution >= 4 is 35.1 Å². The summed E-state index contributed by atoms with van der Waals surface area (Å²) in [6.45, 7) is 0. The molecular weight excluding hydrogens is 335 g/mol. The number of thioether (sulfide) groups is 1. The summed E-state index contributed by atoms with van der Waals surface area (Å²) in [5, 5.41) is 5.45. The van der Waals surface area contributed by atoms with Gasteiger partial charge in [0.15, 0.2) is 5.16 Å². The zero-order valence-corrected chi connectivity index (χ0v) is 13.4. The average Bonchev–Trinajstić information content (AvgIpc) is 2.55. The lowest BCUT2D eigenvalue weighted by Gasteiger charge is -2.23. The normalized spacial score (nSPS) is 16.2. The van der Waals surface area contributed by atoms with E-state index >= 15 is 0 Å². The van der Waals surface area contributed by atoms with Crippen LogP contribution in [0.5, 0.6) is 0 Å². The number of fused-ring (bicyclic) bond motifs is 1. The summed E-state index contributed by atoms with van der Waals surface area (Å²) in [5.41, 5.74) is 0.0228. The molecule has 1 aliphatic heterocycles. The van der Waals surface area contributed by atoms with E-state index in [0.29, 0.717) is 10.8 Å². The minimum Gasteiger partial charge on any atom is -0.326 e. The summed E-state index contributed by atoms with van der Waals surface area (Å²) in [5.74, 6) is -2.22. The molecule has 0 radical (unpaired) electrons. The highest BCUT2D eigenvalue weighted by Gasteiger charge is 2.34. The molecule has 2 amide bonds. The number of H-pyrrole nitrogens is 1. The third-order valence-corrected chi connectivity index (χ3v) is 4.13. The Balaban J connectivity index is 1.94. The van der Waals surface area contributed by atoms with Crippen molar-refractivity contribution in [1.82, 2.24) is 9.97 Å². The molecule has 1 aliphatic rings. The molecule has 0 spiro atoms. The maximum atomic E-state index is 12.9. The van der Waals surface area contributed by atoms with Crippen molar-refractivity contribution < 1.29 is 14.0 Å². The van der Waals surface area contributed by atoms with Gasteiger partial charge in [-0.2, -0.15) is 0 Å². The highest BCUT2D eigenvalue weighted by molar-refractivity contribution is 7.98. The van der Waals surface area contributed by atoms with Crippen LogP contribution in [-0.4, -0.2) is 28.0 Å². The smallest absolute Gasteiger partial charge is 0.257 e. The van der Waals surface area contributed by atoms with Crippen molar-refractivity contribution in [3.8, 4) is 0 Å². The first-order valence-corrected chi connectivity index (χ1v) is 8.25. The molecule has 0 saturated carbocycles. The number of nitrogens with one attached hydrogen (secondary N) is 3. The number of rotatable bonds is 3. The Morgan fingerprint density at radius 2 is 2.04 bits per heavy atom. The standard InChI is InChI=1S/C15H13FN4O3S/c1-24-15-19-12-11(14(23)20-15)9(6-10(21)18-12)13(22)17-8-4-2-7(16)3-5-8/h2-5,9H,6H2,1H3,(H,17,22)(H2,18,19,20,21,23)/t9-/m1/s1. The Bertz CT molecular complexity index is 866. The van der Waals surface area contributed by atoms with Crippen LogP contribution in [0.4, 0.5) is 15.9 Å². The first-order valence-electron chi connectivity index (χ1n) is 7.02. The highest BCUT2D eigenvalue weighted by atomic mass is 32.2. The average molecular weight is 348 g/mol. The first kappa shape index (κ1) is 16.2. The molecule has 1 aromatic carbocycles. The Morgan fingerprint density at radius 1 is 1.33 bits per heavy atom. The molecule has 0 unspecified atom stereocenters. The van der Waals surface area contributed by atoms with Crippen molar-refractivity contribution in [3.63, 3.8) is 0 Å². The van der Waals surface area contributed by atoms with Gasteiger partial charge in [0.05, 0.1) is 11.5 Å². The molecule has 7 nitrogen and oxygen atoms in total. The monoisotopic (exact) mass is 348 g/mol. The van der Waals surface area contributed by atoms with Crippen molar-refractivity contribution in [2.75, 3.05) is 16.9 Å². The lowest BCUT2D eigenvalue weighted by molar-refractivity contribution is -0.123. The van der Waals surface area contributed by atoms with Gasteiger partial charge < -0.3 is 15.6 Å². The molecule has 3 N–H and O–H groups in total. The van der Waals surface area contributed by atoms with Crippen LogP contribution in [0.25, 0.3) is 0 Å². The Morgan fingerprint density at radius 3 is 2.71 bits per heavy atom. The molecule has 0 fully saturated rings. The van der Waals surface area contributed by atoms with E-state index in [-0.39, 0.29) is 17.8 Å². The number of benzene rings is 1. The number of carbonyl (C=O) groups is 2. The molecule has 0 saturated heterocycles. The number of amides is 2. The van der Waals surface area contributed by atoms with Gasteiger partial charge >= 0.3 is 0 Å². The molecule has 124 valence electrons. The lowest BCUT2D eigenvalue weighted by atomic mass is 9.92. The number of hydrogen-bond acceptors (Lipinski definition) is 5. The van der Waals surface area contributed by atoms with Gasteiger partial charge in [0.1, 0.15) is 11.6 Å². The van der Waals surface area contributed by atoms with Gasteiger partial charge in [-0.25, -0.2) is 9.37 Å². The fourth-order valence-electron chi connectivity index (χ4n) is 2.43. The molecule has 3 rings (SSSR count). The SMILES string of the molecule is CSc1nc2c(c(=O)[nH]1)[C@H](C(=O)Nc1ccc(F)cc1)CC(=O)N2. The van der Waals surface area contributed by atoms with Crippen LogP contribution in [-0.2, 0) is 9.59 Å². The maximum absolute atomic E-state index is 12.9. The van der Waals surface area contributed by atoms with Crippen LogP contribution in [0.15, 0.2) is 34.2 Å². The molecular formula is C15H13FN4O3S. The minimum atomic E-state index is -0.967. The van der Waals surface area contributed by atoms with E-state index < -0.39 is 29.1 Å². The lowest BCUT2D eigenvalue weighted by Crippen LogP contribution is -2.36. The molecule has 0 bridgehead atoms. The number of halogens is 1. The van der Waals surface area contributed by atoms with Gasteiger partial charge in [0.2, 0.25) is 11.8 Å². The second-order valence-corrected chi connectivity index (χ2v) is 5.93. The van der Waals surface area contributed by atoms with Crippen LogP contribution < -0.4 is 16.2 Å². The van der Waals surface area contributed by atoms with Gasteiger partial charge in [-0.15, -0.1) is 0 Å². The first-order chi connectivity index (χ1) is 11.5. The second-order valence-electron chi connectivity index (χ2n) is 5.14. The van der Waals surface area contributed by atoms with Gasteiger partial charge in [-0.1, -0.05) is 11.8 Å². The molecule has 2 heterocycles. The molecule has 0 aliphatic carbocycles. The van der Waals surface area contributed by atoms with Crippen molar-refractivity contribution in [2.45, 2.75) is 17.5 Å².